The molecular weight excluding hydrogens is 261 g/mol. The molecule has 0 bridgehead atoms. The predicted octanol–water partition coefficient (Wildman–Crippen LogP) is 3.91. The first-order chi connectivity index (χ1) is 8.66. The molecule has 0 aliphatic rings. The second-order valence-corrected chi connectivity index (χ2v) is 4.17. The Bertz CT molecular complexity index is 401. The van der Waals surface area contributed by atoms with Gasteiger partial charge in [-0.2, -0.15) is 0 Å². The number of hydrogen-bond donors (Lipinski definition) is 0. The molecule has 0 aromatic heterocycles. The zero-order chi connectivity index (χ0) is 13.4. The van der Waals surface area contributed by atoms with Crippen LogP contribution in [0.25, 0.3) is 0 Å². The maximum atomic E-state index is 13.4. The molecule has 100 valence electrons. The first-order valence-electron chi connectivity index (χ1n) is 5.78. The SMILES string of the molecule is O=[N+]([O-])c1cccc(F)c1OCCCCCCCl. The van der Waals surface area contributed by atoms with Gasteiger partial charge in [-0.05, 0) is 18.9 Å². The maximum Gasteiger partial charge on any atom is 0.314 e. The Balaban J connectivity index is 2.48. The number of nitro groups is 1. The van der Waals surface area contributed by atoms with Gasteiger partial charge in [0.15, 0.2) is 5.82 Å². The van der Waals surface area contributed by atoms with E-state index in [1.165, 1.54) is 12.1 Å². The molecule has 0 saturated heterocycles. The first-order valence-corrected chi connectivity index (χ1v) is 6.32. The van der Waals surface area contributed by atoms with Crippen LogP contribution in [0.4, 0.5) is 10.1 Å². The number of hydrogen-bond acceptors (Lipinski definition) is 3. The molecule has 0 aliphatic heterocycles. The zero-order valence-corrected chi connectivity index (χ0v) is 10.7. The summed E-state index contributed by atoms with van der Waals surface area (Å²) in [6.45, 7) is 0.268. The van der Waals surface area contributed by atoms with Gasteiger partial charge in [0.25, 0.3) is 0 Å². The Hall–Kier alpha value is -1.36. The van der Waals surface area contributed by atoms with Crippen LogP contribution in [0.2, 0.25) is 0 Å². The van der Waals surface area contributed by atoms with Crippen molar-refractivity contribution in [1.29, 1.82) is 0 Å². The number of unbranched alkanes of at least 4 members (excludes halogenated alkanes) is 3. The van der Waals surface area contributed by atoms with Crippen LogP contribution in [-0.4, -0.2) is 17.4 Å². The average Bonchev–Trinajstić information content (AvgIpc) is 2.34. The summed E-state index contributed by atoms with van der Waals surface area (Å²) in [5.41, 5.74) is -0.337. The lowest BCUT2D eigenvalue weighted by molar-refractivity contribution is -0.386. The number of rotatable bonds is 8. The highest BCUT2D eigenvalue weighted by Gasteiger charge is 2.18. The Morgan fingerprint density at radius 2 is 2.00 bits per heavy atom. The van der Waals surface area contributed by atoms with E-state index in [-0.39, 0.29) is 18.0 Å². The van der Waals surface area contributed by atoms with E-state index in [1.807, 2.05) is 0 Å². The van der Waals surface area contributed by atoms with Crippen molar-refractivity contribution >= 4 is 17.3 Å². The fourth-order valence-electron chi connectivity index (χ4n) is 1.51. The van der Waals surface area contributed by atoms with Gasteiger partial charge >= 0.3 is 5.69 Å². The van der Waals surface area contributed by atoms with Crippen LogP contribution in [-0.2, 0) is 0 Å². The first kappa shape index (κ1) is 14.7. The van der Waals surface area contributed by atoms with Gasteiger partial charge in [0.1, 0.15) is 0 Å². The van der Waals surface area contributed by atoms with Crippen LogP contribution >= 0.6 is 11.6 Å². The molecule has 1 rings (SSSR count). The van der Waals surface area contributed by atoms with Crippen LogP contribution in [0.3, 0.4) is 0 Å². The standard InChI is InChI=1S/C12H15ClFNO3/c13-8-3-1-2-4-9-18-12-10(14)6-5-7-11(12)15(16)17/h5-7H,1-4,8-9H2. The Morgan fingerprint density at radius 3 is 2.67 bits per heavy atom. The molecule has 18 heavy (non-hydrogen) atoms. The van der Waals surface area contributed by atoms with E-state index in [0.717, 1.165) is 31.7 Å². The third-order valence-corrected chi connectivity index (χ3v) is 2.68. The third kappa shape index (κ3) is 4.49. The van der Waals surface area contributed by atoms with Crippen molar-refractivity contribution in [3.05, 3.63) is 34.1 Å². The zero-order valence-electron chi connectivity index (χ0n) is 9.90. The fraction of sp³-hybridized carbons (Fsp3) is 0.500. The molecule has 0 fully saturated rings. The van der Waals surface area contributed by atoms with Gasteiger partial charge in [-0.1, -0.05) is 18.9 Å². The van der Waals surface area contributed by atoms with Crippen molar-refractivity contribution < 1.29 is 14.1 Å². The highest BCUT2D eigenvalue weighted by Crippen LogP contribution is 2.29. The van der Waals surface area contributed by atoms with Crippen LogP contribution in [0.1, 0.15) is 25.7 Å². The summed E-state index contributed by atoms with van der Waals surface area (Å²) in [6.07, 6.45) is 3.55. The van der Waals surface area contributed by atoms with Crippen LogP contribution in [0, 0.1) is 15.9 Å². The summed E-state index contributed by atoms with van der Waals surface area (Å²) in [5, 5.41) is 10.7. The van der Waals surface area contributed by atoms with Gasteiger partial charge in [-0.15, -0.1) is 11.6 Å². The minimum atomic E-state index is -0.704. The number of alkyl halides is 1. The number of para-hydroxylation sites is 1. The number of nitro benzene ring substituents is 1. The summed E-state index contributed by atoms with van der Waals surface area (Å²) in [7, 11) is 0. The second-order valence-electron chi connectivity index (χ2n) is 3.80. The molecule has 0 heterocycles. The van der Waals surface area contributed by atoms with Crippen molar-refractivity contribution in [3.63, 3.8) is 0 Å². The van der Waals surface area contributed by atoms with E-state index in [9.17, 15) is 14.5 Å². The maximum absolute atomic E-state index is 13.4. The number of nitrogens with zero attached hydrogens (tertiary/aromatic N) is 1. The molecule has 4 nitrogen and oxygen atoms in total. The van der Waals surface area contributed by atoms with Crippen LogP contribution in [0.5, 0.6) is 5.75 Å². The number of ether oxygens (including phenoxy) is 1. The van der Waals surface area contributed by atoms with E-state index in [0.29, 0.717) is 5.88 Å². The summed E-state index contributed by atoms with van der Waals surface area (Å²) in [6, 6.07) is 3.67. The summed E-state index contributed by atoms with van der Waals surface area (Å²) in [5.74, 6) is -0.357. The quantitative estimate of drug-likeness (QED) is 0.313. The molecule has 6 heteroatoms. The summed E-state index contributed by atoms with van der Waals surface area (Å²) >= 11 is 5.53. The molecule has 1 aromatic carbocycles. The summed E-state index contributed by atoms with van der Waals surface area (Å²) < 4.78 is 18.6. The smallest absolute Gasteiger partial charge is 0.314 e. The summed E-state index contributed by atoms with van der Waals surface area (Å²) in [4.78, 5) is 10.0. The molecule has 0 radical (unpaired) electrons. The van der Waals surface area contributed by atoms with E-state index in [1.54, 1.807) is 0 Å². The lowest BCUT2D eigenvalue weighted by atomic mass is 10.2. The molecule has 1 aromatic rings. The van der Waals surface area contributed by atoms with Gasteiger partial charge in [-0.3, -0.25) is 10.1 Å². The predicted molar refractivity (Wildman–Crippen MR) is 67.7 cm³/mol. The highest BCUT2D eigenvalue weighted by molar-refractivity contribution is 6.17. The monoisotopic (exact) mass is 275 g/mol. The minimum Gasteiger partial charge on any atom is -0.485 e. The Morgan fingerprint density at radius 1 is 1.28 bits per heavy atom. The number of halogens is 2. The van der Waals surface area contributed by atoms with E-state index >= 15 is 0 Å². The molecule has 0 unspecified atom stereocenters. The molecule has 0 amide bonds. The lowest BCUT2D eigenvalue weighted by Crippen LogP contribution is -2.02. The van der Waals surface area contributed by atoms with Crippen LogP contribution in [0.15, 0.2) is 18.2 Å². The van der Waals surface area contributed by atoms with Crippen molar-refractivity contribution in [2.24, 2.45) is 0 Å². The molecule has 0 aliphatic carbocycles. The second kappa shape index (κ2) is 7.87. The van der Waals surface area contributed by atoms with Gasteiger partial charge < -0.3 is 4.74 Å². The van der Waals surface area contributed by atoms with Crippen molar-refractivity contribution in [1.82, 2.24) is 0 Å². The van der Waals surface area contributed by atoms with Crippen molar-refractivity contribution in [2.45, 2.75) is 25.7 Å². The molecule has 0 spiro atoms. The lowest BCUT2D eigenvalue weighted by Gasteiger charge is -2.07. The largest absolute Gasteiger partial charge is 0.485 e. The van der Waals surface area contributed by atoms with E-state index < -0.39 is 10.7 Å². The van der Waals surface area contributed by atoms with E-state index in [4.69, 9.17) is 16.3 Å². The molecule has 0 N–H and O–H groups in total. The van der Waals surface area contributed by atoms with Gasteiger partial charge in [0, 0.05) is 11.9 Å². The number of benzene rings is 1. The van der Waals surface area contributed by atoms with Gasteiger partial charge in [0.2, 0.25) is 5.75 Å². The normalized spacial score (nSPS) is 10.3. The van der Waals surface area contributed by atoms with Gasteiger partial charge in [0.05, 0.1) is 11.5 Å². The molecule has 0 saturated carbocycles. The Kier molecular flexibility index (Phi) is 6.43. The Labute approximate surface area is 110 Å². The molecule has 0 atom stereocenters. The highest BCUT2D eigenvalue weighted by atomic mass is 35.5. The average molecular weight is 276 g/mol. The minimum absolute atomic E-state index is 0.268. The van der Waals surface area contributed by atoms with Crippen LogP contribution < -0.4 is 4.74 Å². The third-order valence-electron chi connectivity index (χ3n) is 2.42. The fourth-order valence-corrected chi connectivity index (χ4v) is 1.70. The van der Waals surface area contributed by atoms with E-state index in [2.05, 4.69) is 0 Å². The van der Waals surface area contributed by atoms with Gasteiger partial charge in [-0.25, -0.2) is 4.39 Å². The van der Waals surface area contributed by atoms with Crippen molar-refractivity contribution in [3.8, 4) is 5.75 Å². The van der Waals surface area contributed by atoms with Crippen molar-refractivity contribution in [2.75, 3.05) is 12.5 Å². The molecular formula is C12H15ClFNO3. The topological polar surface area (TPSA) is 52.4 Å².